The van der Waals surface area contributed by atoms with Gasteiger partial charge in [0.2, 0.25) is 0 Å². The van der Waals surface area contributed by atoms with Crippen molar-refractivity contribution in [3.63, 3.8) is 0 Å². The van der Waals surface area contributed by atoms with Crippen molar-refractivity contribution in [2.45, 2.75) is 27.7 Å². The molecule has 0 saturated carbocycles. The van der Waals surface area contributed by atoms with E-state index < -0.39 is 0 Å². The molecule has 1 heterocycles. The lowest BCUT2D eigenvalue weighted by molar-refractivity contribution is 0.274. The van der Waals surface area contributed by atoms with Gasteiger partial charge in [0.1, 0.15) is 5.75 Å². The summed E-state index contributed by atoms with van der Waals surface area (Å²) in [5.74, 6) is 1.32. The van der Waals surface area contributed by atoms with Gasteiger partial charge < -0.3 is 10.5 Å². The lowest BCUT2D eigenvalue weighted by Crippen LogP contribution is -2.06. The maximum absolute atomic E-state index is 6.21. The van der Waals surface area contributed by atoms with Crippen LogP contribution < -0.4 is 10.5 Å². The average Bonchev–Trinajstić information content (AvgIpc) is 2.33. The molecule has 0 bridgehead atoms. The molecule has 0 fully saturated rings. The zero-order valence-electron chi connectivity index (χ0n) is 11.4. The fourth-order valence-electron chi connectivity index (χ4n) is 1.91. The van der Waals surface area contributed by atoms with E-state index in [1.54, 1.807) is 0 Å². The van der Waals surface area contributed by atoms with Crippen molar-refractivity contribution in [1.29, 1.82) is 0 Å². The zero-order valence-corrected chi connectivity index (χ0v) is 11.4. The average molecular weight is 244 g/mol. The second-order valence-corrected chi connectivity index (χ2v) is 5.09. The van der Waals surface area contributed by atoms with Crippen LogP contribution in [0.2, 0.25) is 0 Å². The SMILES string of the molecule is Cc1nc2cccc(OCC(C)C)c2c(N)c1C. The van der Waals surface area contributed by atoms with E-state index in [9.17, 15) is 0 Å². The number of nitrogens with two attached hydrogens (primary N) is 1. The Bertz CT molecular complexity index is 576. The van der Waals surface area contributed by atoms with Crippen LogP contribution in [-0.2, 0) is 0 Å². The van der Waals surface area contributed by atoms with Gasteiger partial charge in [-0.2, -0.15) is 0 Å². The molecule has 2 aromatic rings. The molecule has 0 aliphatic carbocycles. The van der Waals surface area contributed by atoms with Crippen LogP contribution in [0.5, 0.6) is 5.75 Å². The highest BCUT2D eigenvalue weighted by Crippen LogP contribution is 2.32. The maximum Gasteiger partial charge on any atom is 0.130 e. The standard InChI is InChI=1S/C15H20N2O/c1-9(2)8-18-13-7-5-6-12-14(13)15(16)10(3)11(4)17-12/h5-7,9H,8H2,1-4H3,(H2,16,17). The van der Waals surface area contributed by atoms with Crippen LogP contribution in [0.1, 0.15) is 25.1 Å². The van der Waals surface area contributed by atoms with E-state index >= 15 is 0 Å². The third-order valence-corrected chi connectivity index (χ3v) is 3.08. The topological polar surface area (TPSA) is 48.1 Å². The minimum atomic E-state index is 0.487. The highest BCUT2D eigenvalue weighted by molar-refractivity contribution is 5.97. The van der Waals surface area contributed by atoms with Crippen LogP contribution >= 0.6 is 0 Å². The normalized spacial score (nSPS) is 11.2. The van der Waals surface area contributed by atoms with Gasteiger partial charge in [0.15, 0.2) is 0 Å². The first kappa shape index (κ1) is 12.7. The van der Waals surface area contributed by atoms with E-state index in [-0.39, 0.29) is 0 Å². The molecule has 0 unspecified atom stereocenters. The second-order valence-electron chi connectivity index (χ2n) is 5.09. The van der Waals surface area contributed by atoms with Crippen LogP contribution in [-0.4, -0.2) is 11.6 Å². The number of fused-ring (bicyclic) bond motifs is 1. The van der Waals surface area contributed by atoms with Crippen LogP contribution in [0.15, 0.2) is 18.2 Å². The Morgan fingerprint density at radius 1 is 1.28 bits per heavy atom. The molecule has 0 aliphatic rings. The molecule has 0 spiro atoms. The third-order valence-electron chi connectivity index (χ3n) is 3.08. The minimum absolute atomic E-state index is 0.487. The van der Waals surface area contributed by atoms with Crippen LogP contribution in [0.3, 0.4) is 0 Å². The lowest BCUT2D eigenvalue weighted by atomic mass is 10.1. The number of nitrogen functional groups attached to an aromatic ring is 1. The number of hydrogen-bond acceptors (Lipinski definition) is 3. The van der Waals surface area contributed by atoms with E-state index in [2.05, 4.69) is 18.8 Å². The Kier molecular flexibility index (Phi) is 3.41. The maximum atomic E-state index is 6.21. The quantitative estimate of drug-likeness (QED) is 0.899. The molecule has 3 nitrogen and oxygen atoms in total. The van der Waals surface area contributed by atoms with Crippen molar-refractivity contribution in [2.24, 2.45) is 5.92 Å². The number of hydrogen-bond donors (Lipinski definition) is 1. The van der Waals surface area contributed by atoms with Crippen LogP contribution in [0.4, 0.5) is 5.69 Å². The van der Waals surface area contributed by atoms with Gasteiger partial charge in [-0.3, -0.25) is 4.98 Å². The molecule has 18 heavy (non-hydrogen) atoms. The molecule has 0 amide bonds. The number of rotatable bonds is 3. The largest absolute Gasteiger partial charge is 0.493 e. The first-order valence-electron chi connectivity index (χ1n) is 6.29. The fourth-order valence-corrected chi connectivity index (χ4v) is 1.91. The summed E-state index contributed by atoms with van der Waals surface area (Å²) in [6.45, 7) is 8.92. The van der Waals surface area contributed by atoms with Gasteiger partial charge in [-0.1, -0.05) is 19.9 Å². The molecule has 1 aromatic heterocycles. The first-order valence-corrected chi connectivity index (χ1v) is 6.29. The molecule has 3 heteroatoms. The highest BCUT2D eigenvalue weighted by atomic mass is 16.5. The van der Waals surface area contributed by atoms with Crippen molar-refractivity contribution in [3.05, 3.63) is 29.5 Å². The van der Waals surface area contributed by atoms with Gasteiger partial charge in [0.05, 0.1) is 17.5 Å². The molecular weight excluding hydrogens is 224 g/mol. The van der Waals surface area contributed by atoms with E-state index in [1.165, 1.54) is 0 Å². The summed E-state index contributed by atoms with van der Waals surface area (Å²) in [4.78, 5) is 4.56. The highest BCUT2D eigenvalue weighted by Gasteiger charge is 2.11. The van der Waals surface area contributed by atoms with Crippen molar-refractivity contribution < 1.29 is 4.74 Å². The Labute approximate surface area is 108 Å². The van der Waals surface area contributed by atoms with Crippen molar-refractivity contribution in [1.82, 2.24) is 4.98 Å². The van der Waals surface area contributed by atoms with Gasteiger partial charge in [0.25, 0.3) is 0 Å². The molecule has 0 radical (unpaired) electrons. The number of ether oxygens (including phenoxy) is 1. The second kappa shape index (κ2) is 4.84. The molecule has 2 rings (SSSR count). The minimum Gasteiger partial charge on any atom is -0.493 e. The Morgan fingerprint density at radius 2 is 2.00 bits per heavy atom. The van der Waals surface area contributed by atoms with Crippen molar-refractivity contribution in [3.8, 4) is 5.75 Å². The predicted octanol–water partition coefficient (Wildman–Crippen LogP) is 3.47. The zero-order chi connectivity index (χ0) is 13.3. The fraction of sp³-hybridized carbons (Fsp3) is 0.400. The Hall–Kier alpha value is -1.77. The number of benzene rings is 1. The first-order chi connectivity index (χ1) is 8.50. The van der Waals surface area contributed by atoms with Crippen molar-refractivity contribution >= 4 is 16.6 Å². The summed E-state index contributed by atoms with van der Waals surface area (Å²) >= 11 is 0. The molecule has 0 saturated heterocycles. The van der Waals surface area contributed by atoms with Gasteiger partial charge in [-0.15, -0.1) is 0 Å². The molecular formula is C15H20N2O. The summed E-state index contributed by atoms with van der Waals surface area (Å²) < 4.78 is 5.84. The van der Waals surface area contributed by atoms with Crippen molar-refractivity contribution in [2.75, 3.05) is 12.3 Å². The number of pyridine rings is 1. The molecule has 0 atom stereocenters. The van der Waals surface area contributed by atoms with Gasteiger partial charge >= 0.3 is 0 Å². The Morgan fingerprint density at radius 3 is 2.67 bits per heavy atom. The van der Waals surface area contributed by atoms with Crippen LogP contribution in [0.25, 0.3) is 10.9 Å². The number of aryl methyl sites for hydroxylation is 1. The summed E-state index contributed by atoms with van der Waals surface area (Å²) in [7, 11) is 0. The summed E-state index contributed by atoms with van der Waals surface area (Å²) in [6, 6.07) is 5.89. The van der Waals surface area contributed by atoms with Gasteiger partial charge in [-0.05, 0) is 37.5 Å². The molecule has 2 N–H and O–H groups in total. The summed E-state index contributed by atoms with van der Waals surface area (Å²) in [6.07, 6.45) is 0. The number of nitrogens with zero attached hydrogens (tertiary/aromatic N) is 1. The summed E-state index contributed by atoms with van der Waals surface area (Å²) in [5, 5.41) is 0.932. The van der Waals surface area contributed by atoms with Gasteiger partial charge in [0, 0.05) is 11.4 Å². The van der Waals surface area contributed by atoms with Crippen LogP contribution in [0, 0.1) is 19.8 Å². The predicted molar refractivity (Wildman–Crippen MR) is 76.0 cm³/mol. The Balaban J connectivity index is 2.57. The number of anilines is 1. The monoisotopic (exact) mass is 244 g/mol. The van der Waals surface area contributed by atoms with E-state index in [4.69, 9.17) is 10.5 Å². The van der Waals surface area contributed by atoms with E-state index in [0.717, 1.165) is 33.6 Å². The van der Waals surface area contributed by atoms with E-state index in [1.807, 2.05) is 32.0 Å². The van der Waals surface area contributed by atoms with E-state index in [0.29, 0.717) is 12.5 Å². The summed E-state index contributed by atoms with van der Waals surface area (Å²) in [5.41, 5.74) is 9.88. The molecule has 1 aromatic carbocycles. The van der Waals surface area contributed by atoms with Gasteiger partial charge in [-0.25, -0.2) is 0 Å². The lowest BCUT2D eigenvalue weighted by Gasteiger charge is -2.14. The number of aromatic nitrogens is 1. The molecule has 96 valence electrons. The smallest absolute Gasteiger partial charge is 0.130 e. The molecule has 0 aliphatic heterocycles. The third kappa shape index (κ3) is 2.26.